The van der Waals surface area contributed by atoms with Crippen molar-refractivity contribution in [3.63, 3.8) is 0 Å². The summed E-state index contributed by atoms with van der Waals surface area (Å²) in [6.45, 7) is -2.33. The van der Waals surface area contributed by atoms with Gasteiger partial charge < -0.3 is 93.8 Å². The smallest absolute Gasteiger partial charge is 0.549 e. The molecule has 33 heavy (non-hydrogen) atoms. The zero-order chi connectivity index (χ0) is 25.7. The average Bonchev–Trinajstić information content (AvgIpc) is 2.69. The number of carbonyl (C=O) groups is 6. The van der Waals surface area contributed by atoms with Gasteiger partial charge in [-0.25, -0.2) is 0 Å². The summed E-state index contributed by atoms with van der Waals surface area (Å²) in [5.41, 5.74) is 27.1. The van der Waals surface area contributed by atoms with E-state index in [2.05, 4.69) is 34.4 Å². The molecule has 12 N–H and O–H groups in total. The first-order valence-corrected chi connectivity index (χ1v) is 7.02. The van der Waals surface area contributed by atoms with Crippen molar-refractivity contribution < 1.29 is 112 Å². The van der Waals surface area contributed by atoms with E-state index in [1.165, 1.54) is 0 Å². The minimum atomic E-state index is -1.22. The molecule has 0 aliphatic carbocycles. The molecule has 0 aliphatic heterocycles. The number of rotatable bonds is 6. The van der Waals surface area contributed by atoms with E-state index in [0.717, 1.165) is 0 Å². The Balaban J connectivity index is -0.0000000294. The van der Waals surface area contributed by atoms with Gasteiger partial charge in [-0.2, -0.15) is 0 Å². The van der Waals surface area contributed by atoms with Crippen LogP contribution in [0.2, 0.25) is 0 Å². The molecule has 0 amide bonds. The van der Waals surface area contributed by atoms with Crippen LogP contribution in [0.1, 0.15) is 0 Å². The maximum Gasteiger partial charge on any atom is 2.00 e. The second-order valence-electron chi connectivity index (χ2n) is 3.46. The molecule has 0 aromatic rings. The van der Waals surface area contributed by atoms with E-state index in [9.17, 15) is 0 Å². The first kappa shape index (κ1) is 57.7. The SMILES string of the molecule is NCC(=O)[O-].NCC(=O)[O-].NCC(=O)[O-].NCC(=O)[O-].NCC(=O)[O-].NCC(=O)[O-].[Co+2].[Ni+2].[Zn+2]. The summed E-state index contributed by atoms with van der Waals surface area (Å²) in [5.74, 6) is -7.31. The van der Waals surface area contributed by atoms with Crippen LogP contribution in [-0.2, 0) is 81.5 Å². The summed E-state index contributed by atoms with van der Waals surface area (Å²) in [6.07, 6.45) is 0. The summed E-state index contributed by atoms with van der Waals surface area (Å²) in [6, 6.07) is 0. The van der Waals surface area contributed by atoms with Gasteiger partial charge in [0.05, 0.1) is 35.8 Å². The largest absolute Gasteiger partial charge is 2.00 e. The van der Waals surface area contributed by atoms with Gasteiger partial charge in [0, 0.05) is 39.3 Å². The fourth-order valence-electron chi connectivity index (χ4n) is 0. The standard InChI is InChI=1S/6C2H5NO2.Co.Ni.Zn/c6*3-1-2(4)5;;;/h6*1,3H2,(H,4,5);;;/q;;;;;;3*+2/p-6. The summed E-state index contributed by atoms with van der Waals surface area (Å²) < 4.78 is 0. The minimum Gasteiger partial charge on any atom is -0.549 e. The monoisotopic (exact) mass is 625 g/mol. The number of carboxylic acids is 6. The number of aliphatic carboxylic acids is 6. The fraction of sp³-hybridized carbons (Fsp3) is 0.500. The van der Waals surface area contributed by atoms with Crippen LogP contribution in [-0.4, -0.2) is 75.1 Å². The molecule has 0 saturated carbocycles. The van der Waals surface area contributed by atoms with Crippen molar-refractivity contribution in [2.75, 3.05) is 39.3 Å². The third-order valence-corrected chi connectivity index (χ3v) is 1.00. The molecule has 0 aromatic heterocycles. The fourth-order valence-corrected chi connectivity index (χ4v) is 0. The number of nitrogens with two attached hydrogens (primary N) is 6. The second kappa shape index (κ2) is 52.2. The quantitative estimate of drug-likeness (QED) is 0.149. The molecule has 0 fully saturated rings. The Morgan fingerprint density at radius 1 is 0.394 bits per heavy atom. The molecule has 18 nitrogen and oxygen atoms in total. The van der Waals surface area contributed by atoms with Crippen molar-refractivity contribution in [3.05, 3.63) is 0 Å². The molecule has 0 aliphatic rings. The average molecular weight is 627 g/mol. The molecule has 0 rings (SSSR count). The summed E-state index contributed by atoms with van der Waals surface area (Å²) in [5, 5.41) is 54.8. The Labute approximate surface area is 221 Å². The molecule has 0 spiro atoms. The van der Waals surface area contributed by atoms with Gasteiger partial charge in [-0.15, -0.1) is 0 Å². The maximum atomic E-state index is 9.13. The van der Waals surface area contributed by atoms with Crippen LogP contribution in [0, 0.1) is 0 Å². The van der Waals surface area contributed by atoms with Crippen LogP contribution in [0.3, 0.4) is 0 Å². The Kier molecular flexibility index (Phi) is 91.4. The van der Waals surface area contributed by atoms with Gasteiger partial charge >= 0.3 is 52.7 Å². The number of carboxylic acid groups (broad SMARTS) is 6. The predicted molar refractivity (Wildman–Crippen MR) is 84.4 cm³/mol. The first-order chi connectivity index (χ1) is 13.6. The molecule has 0 atom stereocenters. The van der Waals surface area contributed by atoms with E-state index in [1.54, 1.807) is 0 Å². The van der Waals surface area contributed by atoms with Gasteiger partial charge in [0.15, 0.2) is 0 Å². The van der Waals surface area contributed by atoms with E-state index in [1.807, 2.05) is 0 Å². The Bertz CT molecular complexity index is 385. The van der Waals surface area contributed by atoms with Gasteiger partial charge in [0.2, 0.25) is 0 Å². The van der Waals surface area contributed by atoms with Crippen LogP contribution in [0.5, 0.6) is 0 Å². The summed E-state index contributed by atoms with van der Waals surface area (Å²) >= 11 is 0. The van der Waals surface area contributed by atoms with Crippen molar-refractivity contribution in [1.29, 1.82) is 0 Å². The molecular formula is C12H24CoN6NiO12Zn. The molecule has 21 heteroatoms. The summed E-state index contributed by atoms with van der Waals surface area (Å²) in [7, 11) is 0. The summed E-state index contributed by atoms with van der Waals surface area (Å²) in [4.78, 5) is 54.8. The molecular weight excluding hydrogens is 603 g/mol. The van der Waals surface area contributed by atoms with Crippen molar-refractivity contribution in [3.8, 4) is 0 Å². The van der Waals surface area contributed by atoms with E-state index in [4.69, 9.17) is 59.4 Å². The zero-order valence-electron chi connectivity index (χ0n) is 17.0. The van der Waals surface area contributed by atoms with Gasteiger partial charge in [-0.05, 0) is 0 Å². The molecule has 1 radical (unpaired) electrons. The van der Waals surface area contributed by atoms with E-state index >= 15 is 0 Å². The maximum absolute atomic E-state index is 9.13. The van der Waals surface area contributed by atoms with Crippen molar-refractivity contribution in [1.82, 2.24) is 0 Å². The van der Waals surface area contributed by atoms with E-state index < -0.39 is 35.8 Å². The zero-order valence-corrected chi connectivity index (χ0v) is 22.0. The molecule has 195 valence electrons. The van der Waals surface area contributed by atoms with Gasteiger partial charge in [0.25, 0.3) is 0 Å². The van der Waals surface area contributed by atoms with Gasteiger partial charge in [-0.1, -0.05) is 0 Å². The van der Waals surface area contributed by atoms with Gasteiger partial charge in [0.1, 0.15) is 0 Å². The molecule has 0 saturated heterocycles. The molecule has 0 aromatic carbocycles. The number of hydrogen-bond acceptors (Lipinski definition) is 18. The van der Waals surface area contributed by atoms with Crippen molar-refractivity contribution >= 4 is 35.8 Å². The third-order valence-electron chi connectivity index (χ3n) is 1.00. The van der Waals surface area contributed by atoms with Crippen LogP contribution in [0.15, 0.2) is 0 Å². The van der Waals surface area contributed by atoms with Crippen LogP contribution >= 0.6 is 0 Å². The Hall–Kier alpha value is -1.80. The van der Waals surface area contributed by atoms with Crippen molar-refractivity contribution in [2.45, 2.75) is 0 Å². The van der Waals surface area contributed by atoms with E-state index in [0.29, 0.717) is 0 Å². The Morgan fingerprint density at radius 2 is 0.424 bits per heavy atom. The third kappa shape index (κ3) is 231. The van der Waals surface area contributed by atoms with Crippen LogP contribution < -0.4 is 65.0 Å². The van der Waals surface area contributed by atoms with E-state index in [-0.39, 0.29) is 92.0 Å². The van der Waals surface area contributed by atoms with Crippen molar-refractivity contribution in [2.24, 2.45) is 34.4 Å². The topological polar surface area (TPSA) is 397 Å². The molecule has 0 heterocycles. The second-order valence-corrected chi connectivity index (χ2v) is 3.46. The normalized spacial score (nSPS) is 6.73. The molecule has 0 unspecified atom stereocenters. The first-order valence-electron chi connectivity index (χ1n) is 7.02. The number of hydrogen-bond donors (Lipinski definition) is 6. The molecule has 0 bridgehead atoms. The number of carbonyl (C=O) groups excluding carboxylic acids is 6. The Morgan fingerprint density at radius 3 is 0.424 bits per heavy atom. The van der Waals surface area contributed by atoms with Crippen LogP contribution in [0.25, 0.3) is 0 Å². The van der Waals surface area contributed by atoms with Gasteiger partial charge in [-0.3, -0.25) is 0 Å². The minimum absolute atomic E-state index is 0. The van der Waals surface area contributed by atoms with Crippen LogP contribution in [0.4, 0.5) is 0 Å². The predicted octanol–water partition coefficient (Wildman–Crippen LogP) is -13.8.